The SMILES string of the molecule is O=C(O)C[C@H](Cc1ccccc1)NC(=O)[C@H](Cc1cccnc1)NC(=O)[C@@H]1CCCN1C(=O)N(Cc1cn(-c2ccccc2)nn1)NC(=O)Cc1ccccc1. The summed E-state index contributed by atoms with van der Waals surface area (Å²) in [5.41, 5.74) is 6.13. The number of hydrogen-bond acceptors (Lipinski definition) is 8. The second-order valence-corrected chi connectivity index (χ2v) is 13.5. The van der Waals surface area contributed by atoms with Crippen LogP contribution in [0.3, 0.4) is 0 Å². The number of aromatic nitrogens is 4. The van der Waals surface area contributed by atoms with Crippen molar-refractivity contribution >= 4 is 29.7 Å². The monoisotopic (exact) mass is 757 g/mol. The molecule has 2 aromatic heterocycles. The van der Waals surface area contributed by atoms with E-state index in [1.807, 2.05) is 91.0 Å². The molecule has 6 rings (SSSR count). The number of carboxylic acids is 1. The number of carbonyl (C=O) groups is 5. The number of amides is 5. The molecule has 0 bridgehead atoms. The molecular weight excluding hydrogens is 715 g/mol. The van der Waals surface area contributed by atoms with Crippen molar-refractivity contribution in [3.05, 3.63) is 144 Å². The highest BCUT2D eigenvalue weighted by atomic mass is 16.4. The van der Waals surface area contributed by atoms with Crippen molar-refractivity contribution in [3.8, 4) is 5.69 Å². The predicted molar refractivity (Wildman–Crippen MR) is 205 cm³/mol. The number of nitrogens with zero attached hydrogens (tertiary/aromatic N) is 6. The molecule has 0 spiro atoms. The molecule has 15 nitrogen and oxygen atoms in total. The van der Waals surface area contributed by atoms with E-state index in [1.54, 1.807) is 35.4 Å². The van der Waals surface area contributed by atoms with Crippen molar-refractivity contribution in [1.82, 2.24) is 45.9 Å². The molecule has 0 unspecified atom stereocenters. The molecule has 5 amide bonds. The van der Waals surface area contributed by atoms with Gasteiger partial charge in [-0.1, -0.05) is 90.1 Å². The summed E-state index contributed by atoms with van der Waals surface area (Å²) in [5.74, 6) is -2.66. The van der Waals surface area contributed by atoms with Gasteiger partial charge in [-0.05, 0) is 54.2 Å². The Labute approximate surface area is 323 Å². The van der Waals surface area contributed by atoms with Crippen LogP contribution in [0.1, 0.15) is 41.6 Å². The van der Waals surface area contributed by atoms with Crippen molar-refractivity contribution in [3.63, 3.8) is 0 Å². The highest BCUT2D eigenvalue weighted by Gasteiger charge is 2.39. The van der Waals surface area contributed by atoms with Gasteiger partial charge in [-0.3, -0.25) is 29.6 Å². The average Bonchev–Trinajstić information content (AvgIpc) is 3.89. The number of pyridine rings is 1. The molecule has 3 aromatic carbocycles. The third kappa shape index (κ3) is 10.8. The van der Waals surface area contributed by atoms with Crippen molar-refractivity contribution in [2.45, 2.75) is 63.2 Å². The Bertz CT molecular complexity index is 2080. The molecule has 0 radical (unpaired) electrons. The number of nitrogens with one attached hydrogen (secondary N) is 3. The second kappa shape index (κ2) is 18.9. The van der Waals surface area contributed by atoms with E-state index in [0.717, 1.165) is 21.8 Å². The molecule has 1 aliphatic rings. The van der Waals surface area contributed by atoms with Crippen LogP contribution in [0.4, 0.5) is 4.79 Å². The quantitative estimate of drug-likeness (QED) is 0.116. The van der Waals surface area contributed by atoms with Crippen LogP contribution in [0.25, 0.3) is 5.69 Å². The van der Waals surface area contributed by atoms with Crippen molar-refractivity contribution < 1.29 is 29.1 Å². The minimum atomic E-state index is -1.12. The maximum atomic E-state index is 14.3. The first-order chi connectivity index (χ1) is 27.2. The van der Waals surface area contributed by atoms with Gasteiger partial charge in [-0.25, -0.2) is 14.5 Å². The number of hydrazine groups is 1. The van der Waals surface area contributed by atoms with Crippen LogP contribution in [0, 0.1) is 0 Å². The maximum Gasteiger partial charge on any atom is 0.339 e. The van der Waals surface area contributed by atoms with Gasteiger partial charge in [-0.2, -0.15) is 0 Å². The fraction of sp³-hybridized carbons (Fsp3) is 0.268. The lowest BCUT2D eigenvalue weighted by Gasteiger charge is -2.32. The van der Waals surface area contributed by atoms with E-state index in [-0.39, 0.29) is 38.8 Å². The smallest absolute Gasteiger partial charge is 0.339 e. The summed E-state index contributed by atoms with van der Waals surface area (Å²) >= 11 is 0. The zero-order chi connectivity index (χ0) is 39.3. The molecule has 1 aliphatic heterocycles. The Morgan fingerprint density at radius 1 is 0.821 bits per heavy atom. The van der Waals surface area contributed by atoms with Crippen molar-refractivity contribution in [2.24, 2.45) is 0 Å². The molecule has 4 N–H and O–H groups in total. The number of urea groups is 1. The lowest BCUT2D eigenvalue weighted by molar-refractivity contribution is -0.138. The largest absolute Gasteiger partial charge is 0.481 e. The fourth-order valence-corrected chi connectivity index (χ4v) is 6.61. The van der Waals surface area contributed by atoms with Crippen LogP contribution >= 0.6 is 0 Å². The molecule has 15 heteroatoms. The summed E-state index contributed by atoms with van der Waals surface area (Å²) in [6.45, 7) is 0.0748. The Morgan fingerprint density at radius 3 is 2.18 bits per heavy atom. The first-order valence-corrected chi connectivity index (χ1v) is 18.4. The number of para-hydroxylation sites is 1. The zero-order valence-electron chi connectivity index (χ0n) is 30.6. The normalized spacial score (nSPS) is 14.6. The Hall–Kier alpha value is -6.90. The van der Waals surface area contributed by atoms with Gasteiger partial charge in [-0.15, -0.1) is 5.10 Å². The summed E-state index contributed by atoms with van der Waals surface area (Å²) in [6.07, 6.45) is 5.65. The number of carbonyl (C=O) groups excluding carboxylic acids is 4. The van der Waals surface area contributed by atoms with Crippen LogP contribution in [-0.4, -0.2) is 89.4 Å². The van der Waals surface area contributed by atoms with E-state index in [2.05, 4.69) is 31.4 Å². The molecule has 0 aliphatic carbocycles. The molecule has 5 aromatic rings. The van der Waals surface area contributed by atoms with Gasteiger partial charge in [0, 0.05) is 31.4 Å². The van der Waals surface area contributed by atoms with Crippen LogP contribution in [-0.2, 0) is 45.0 Å². The van der Waals surface area contributed by atoms with Gasteiger partial charge in [0.25, 0.3) is 0 Å². The Balaban J connectivity index is 1.20. The molecular formula is C41H43N9O6. The topological polar surface area (TPSA) is 192 Å². The molecule has 0 saturated carbocycles. The Morgan fingerprint density at radius 2 is 1.50 bits per heavy atom. The summed E-state index contributed by atoms with van der Waals surface area (Å²) in [5, 5.41) is 24.9. The summed E-state index contributed by atoms with van der Waals surface area (Å²) < 4.78 is 1.56. The van der Waals surface area contributed by atoms with Crippen LogP contribution < -0.4 is 16.1 Å². The Kier molecular flexibility index (Phi) is 13.1. The summed E-state index contributed by atoms with van der Waals surface area (Å²) in [4.78, 5) is 72.9. The number of rotatable bonds is 15. The van der Waals surface area contributed by atoms with E-state index < -0.39 is 47.8 Å². The molecule has 56 heavy (non-hydrogen) atoms. The average molecular weight is 758 g/mol. The molecule has 3 heterocycles. The first-order valence-electron chi connectivity index (χ1n) is 18.4. The van der Waals surface area contributed by atoms with Crippen LogP contribution in [0.2, 0.25) is 0 Å². The van der Waals surface area contributed by atoms with E-state index in [1.165, 1.54) is 4.90 Å². The first kappa shape index (κ1) is 38.8. The number of likely N-dealkylation sites (tertiary alicyclic amines) is 1. The highest BCUT2D eigenvalue weighted by molar-refractivity contribution is 5.93. The molecule has 3 atom stereocenters. The van der Waals surface area contributed by atoms with Gasteiger partial charge in [0.15, 0.2) is 0 Å². The maximum absolute atomic E-state index is 14.3. The number of carboxylic acid groups (broad SMARTS) is 1. The van der Waals surface area contributed by atoms with Gasteiger partial charge < -0.3 is 20.6 Å². The lowest BCUT2D eigenvalue weighted by Crippen LogP contribution is -2.58. The van der Waals surface area contributed by atoms with E-state index in [9.17, 15) is 29.1 Å². The molecule has 1 fully saturated rings. The van der Waals surface area contributed by atoms with Crippen LogP contribution in [0.15, 0.2) is 122 Å². The fourth-order valence-electron chi connectivity index (χ4n) is 6.61. The molecule has 1 saturated heterocycles. The summed E-state index contributed by atoms with van der Waals surface area (Å²) in [7, 11) is 0. The summed E-state index contributed by atoms with van der Waals surface area (Å²) in [6, 6.07) is 27.6. The second-order valence-electron chi connectivity index (χ2n) is 13.5. The minimum Gasteiger partial charge on any atom is -0.481 e. The highest BCUT2D eigenvalue weighted by Crippen LogP contribution is 2.21. The van der Waals surface area contributed by atoms with Crippen molar-refractivity contribution in [1.29, 1.82) is 0 Å². The van der Waals surface area contributed by atoms with Gasteiger partial charge in [0.2, 0.25) is 17.7 Å². The van der Waals surface area contributed by atoms with Crippen LogP contribution in [0.5, 0.6) is 0 Å². The van der Waals surface area contributed by atoms with E-state index in [4.69, 9.17) is 0 Å². The van der Waals surface area contributed by atoms with E-state index in [0.29, 0.717) is 24.1 Å². The van der Waals surface area contributed by atoms with E-state index >= 15 is 0 Å². The number of benzene rings is 3. The number of aliphatic carboxylic acids is 1. The zero-order valence-corrected chi connectivity index (χ0v) is 30.6. The standard InChI is InChI=1S/C41H43N9O6/c51-37(24-30-14-6-2-7-15-30)46-50(28-33-27-49(47-45-33)34-17-8-3-9-18-34)41(56)48-21-11-19-36(48)40(55)44-35(23-31-16-10-20-42-26-31)39(54)43-32(25-38(52)53)22-29-12-4-1-5-13-29/h1-10,12-18,20,26-27,32,35-36H,11,19,21-25,28H2,(H,43,54)(H,44,55)(H,46,51)(H,52,53)/t32-,35-,36-/m0/s1. The van der Waals surface area contributed by atoms with Gasteiger partial charge >= 0.3 is 12.0 Å². The van der Waals surface area contributed by atoms with Crippen molar-refractivity contribution in [2.75, 3.05) is 6.54 Å². The van der Waals surface area contributed by atoms with Gasteiger partial charge in [0.1, 0.15) is 17.8 Å². The third-order valence-electron chi connectivity index (χ3n) is 9.27. The van der Waals surface area contributed by atoms with Gasteiger partial charge in [0.05, 0.1) is 31.3 Å². The predicted octanol–water partition coefficient (Wildman–Crippen LogP) is 3.25. The third-order valence-corrected chi connectivity index (χ3v) is 9.27. The lowest BCUT2D eigenvalue weighted by atomic mass is 10.0. The number of hydrogen-bond donors (Lipinski definition) is 4. The molecule has 288 valence electrons. The minimum absolute atomic E-state index is 0.00349.